The number of aromatic nitrogens is 3. The van der Waals surface area contributed by atoms with E-state index < -0.39 is 0 Å². The summed E-state index contributed by atoms with van der Waals surface area (Å²) in [4.78, 5) is 33.4. The van der Waals surface area contributed by atoms with E-state index in [1.54, 1.807) is 36.7 Å². The summed E-state index contributed by atoms with van der Waals surface area (Å²) in [7, 11) is 0. The third-order valence-corrected chi connectivity index (χ3v) is 4.88. The van der Waals surface area contributed by atoms with Crippen molar-refractivity contribution in [3.63, 3.8) is 0 Å². The third-order valence-electron chi connectivity index (χ3n) is 4.30. The van der Waals surface area contributed by atoms with Gasteiger partial charge in [-0.15, -0.1) is 11.3 Å². The van der Waals surface area contributed by atoms with E-state index in [-0.39, 0.29) is 18.4 Å². The third kappa shape index (κ3) is 4.02. The Morgan fingerprint density at radius 3 is 2.66 bits per heavy atom. The van der Waals surface area contributed by atoms with Crippen molar-refractivity contribution in [1.82, 2.24) is 14.5 Å². The van der Waals surface area contributed by atoms with E-state index in [0.29, 0.717) is 23.7 Å². The van der Waals surface area contributed by atoms with Gasteiger partial charge < -0.3 is 14.6 Å². The molecule has 7 nitrogen and oxygen atoms in total. The molecule has 2 aromatic carbocycles. The van der Waals surface area contributed by atoms with E-state index in [1.807, 2.05) is 34.2 Å². The standard InChI is InChI=1S/C21H18N4O3S/c1-2-28-21(27)14-7-9-15(10-8-14)23-19(26)11-25-18-6-4-3-5-16(18)24-20(25)17-12-29-13-22-17/h3-10,12-13H,2,11H2,1H3,(H,23,26). The van der Waals surface area contributed by atoms with Crippen LogP contribution in [0.25, 0.3) is 22.6 Å². The Morgan fingerprint density at radius 2 is 1.93 bits per heavy atom. The van der Waals surface area contributed by atoms with Gasteiger partial charge in [0.2, 0.25) is 5.91 Å². The Balaban J connectivity index is 1.55. The van der Waals surface area contributed by atoms with Crippen molar-refractivity contribution >= 4 is 39.9 Å². The second kappa shape index (κ2) is 8.24. The van der Waals surface area contributed by atoms with Crippen LogP contribution in [0.15, 0.2) is 59.4 Å². The predicted octanol–water partition coefficient (Wildman–Crippen LogP) is 3.98. The number of para-hydroxylation sites is 2. The molecule has 0 aliphatic heterocycles. The summed E-state index contributed by atoms with van der Waals surface area (Å²) in [6.07, 6.45) is 0. The molecule has 0 saturated heterocycles. The van der Waals surface area contributed by atoms with Crippen LogP contribution in [0.3, 0.4) is 0 Å². The molecule has 0 fully saturated rings. The largest absolute Gasteiger partial charge is 0.462 e. The quantitative estimate of drug-likeness (QED) is 0.490. The Kier molecular flexibility index (Phi) is 5.35. The van der Waals surface area contributed by atoms with Gasteiger partial charge in [0, 0.05) is 11.1 Å². The Morgan fingerprint density at radius 1 is 1.14 bits per heavy atom. The van der Waals surface area contributed by atoms with Crippen LogP contribution in [0.2, 0.25) is 0 Å². The van der Waals surface area contributed by atoms with Crippen LogP contribution in [0.1, 0.15) is 17.3 Å². The summed E-state index contributed by atoms with van der Waals surface area (Å²) in [5, 5.41) is 4.76. The number of carbonyl (C=O) groups is 2. The number of carbonyl (C=O) groups excluding carboxylic acids is 2. The lowest BCUT2D eigenvalue weighted by Crippen LogP contribution is -2.19. The number of imidazole rings is 1. The number of hydrogen-bond donors (Lipinski definition) is 1. The van der Waals surface area contributed by atoms with E-state index in [9.17, 15) is 9.59 Å². The highest BCUT2D eigenvalue weighted by atomic mass is 32.1. The number of rotatable bonds is 6. The molecule has 4 aromatic rings. The van der Waals surface area contributed by atoms with Crippen molar-refractivity contribution in [2.45, 2.75) is 13.5 Å². The van der Waals surface area contributed by atoms with E-state index in [0.717, 1.165) is 16.7 Å². The number of amides is 1. The highest BCUT2D eigenvalue weighted by molar-refractivity contribution is 7.07. The minimum Gasteiger partial charge on any atom is -0.462 e. The molecule has 0 atom stereocenters. The summed E-state index contributed by atoms with van der Waals surface area (Å²) in [5.41, 5.74) is 5.19. The lowest BCUT2D eigenvalue weighted by Gasteiger charge is -2.10. The summed E-state index contributed by atoms with van der Waals surface area (Å²) < 4.78 is 6.82. The lowest BCUT2D eigenvalue weighted by molar-refractivity contribution is -0.116. The molecule has 1 N–H and O–H groups in total. The molecule has 2 aromatic heterocycles. The molecule has 29 heavy (non-hydrogen) atoms. The smallest absolute Gasteiger partial charge is 0.338 e. The lowest BCUT2D eigenvalue weighted by atomic mass is 10.2. The van der Waals surface area contributed by atoms with E-state index in [4.69, 9.17) is 4.74 Å². The van der Waals surface area contributed by atoms with E-state index in [2.05, 4.69) is 15.3 Å². The predicted molar refractivity (Wildman–Crippen MR) is 112 cm³/mol. The minimum absolute atomic E-state index is 0.0903. The Hall–Kier alpha value is -3.52. The first-order chi connectivity index (χ1) is 14.2. The van der Waals surface area contributed by atoms with E-state index in [1.165, 1.54) is 11.3 Å². The number of nitrogens with one attached hydrogen (secondary N) is 1. The van der Waals surface area contributed by atoms with Gasteiger partial charge in [0.15, 0.2) is 5.82 Å². The summed E-state index contributed by atoms with van der Waals surface area (Å²) in [5.74, 6) is 0.0666. The van der Waals surface area contributed by atoms with Gasteiger partial charge >= 0.3 is 5.97 Å². The maximum Gasteiger partial charge on any atom is 0.338 e. The summed E-state index contributed by atoms with van der Waals surface area (Å²) in [6, 6.07) is 14.3. The zero-order valence-corrected chi connectivity index (χ0v) is 16.5. The number of nitrogens with zero attached hydrogens (tertiary/aromatic N) is 3. The van der Waals surface area contributed by atoms with Crippen molar-refractivity contribution in [2.75, 3.05) is 11.9 Å². The molecule has 8 heteroatoms. The molecule has 1 amide bonds. The number of ether oxygens (including phenoxy) is 1. The minimum atomic E-state index is -0.386. The first-order valence-corrected chi connectivity index (χ1v) is 10.0. The maximum absolute atomic E-state index is 12.7. The molecular formula is C21H18N4O3S. The average Bonchev–Trinajstić information content (AvgIpc) is 3.37. The van der Waals surface area contributed by atoms with Gasteiger partial charge in [0.05, 0.1) is 28.7 Å². The highest BCUT2D eigenvalue weighted by Gasteiger charge is 2.16. The number of hydrogen-bond acceptors (Lipinski definition) is 6. The first-order valence-electron chi connectivity index (χ1n) is 9.06. The molecule has 146 valence electrons. The number of anilines is 1. The fourth-order valence-electron chi connectivity index (χ4n) is 3.00. The zero-order chi connectivity index (χ0) is 20.2. The summed E-state index contributed by atoms with van der Waals surface area (Å²) >= 11 is 1.48. The van der Waals surface area contributed by atoms with Crippen LogP contribution >= 0.6 is 11.3 Å². The van der Waals surface area contributed by atoms with Crippen molar-refractivity contribution in [3.8, 4) is 11.5 Å². The van der Waals surface area contributed by atoms with Crippen LogP contribution in [-0.2, 0) is 16.1 Å². The molecular weight excluding hydrogens is 388 g/mol. The first kappa shape index (κ1) is 18.8. The van der Waals surface area contributed by atoms with Crippen LogP contribution in [-0.4, -0.2) is 33.0 Å². The van der Waals surface area contributed by atoms with Gasteiger partial charge in [-0.1, -0.05) is 12.1 Å². The Bertz CT molecular complexity index is 1150. The van der Waals surface area contributed by atoms with Crippen LogP contribution < -0.4 is 5.32 Å². The van der Waals surface area contributed by atoms with Gasteiger partial charge in [-0.3, -0.25) is 4.79 Å². The second-order valence-electron chi connectivity index (χ2n) is 6.23. The number of esters is 1. The summed E-state index contributed by atoms with van der Waals surface area (Å²) in [6.45, 7) is 2.16. The molecule has 0 aliphatic rings. The van der Waals surface area contributed by atoms with Gasteiger partial charge in [-0.05, 0) is 43.3 Å². The number of fused-ring (bicyclic) bond motifs is 1. The molecule has 2 heterocycles. The van der Waals surface area contributed by atoms with Crippen molar-refractivity contribution in [2.24, 2.45) is 0 Å². The number of thiazole rings is 1. The fourth-order valence-corrected chi connectivity index (χ4v) is 3.53. The van der Waals surface area contributed by atoms with E-state index >= 15 is 0 Å². The zero-order valence-electron chi connectivity index (χ0n) is 15.7. The second-order valence-corrected chi connectivity index (χ2v) is 6.95. The van der Waals surface area contributed by atoms with Crippen LogP contribution in [0.5, 0.6) is 0 Å². The SMILES string of the molecule is CCOC(=O)c1ccc(NC(=O)Cn2c(-c3cscn3)nc3ccccc32)cc1. The number of benzene rings is 2. The van der Waals surface area contributed by atoms with Crippen molar-refractivity contribution < 1.29 is 14.3 Å². The molecule has 0 unspecified atom stereocenters. The Labute approximate surface area is 171 Å². The molecule has 0 aliphatic carbocycles. The average molecular weight is 406 g/mol. The normalized spacial score (nSPS) is 10.8. The molecule has 0 spiro atoms. The van der Waals surface area contributed by atoms with Gasteiger partial charge in [0.1, 0.15) is 12.2 Å². The highest BCUT2D eigenvalue weighted by Crippen LogP contribution is 2.24. The van der Waals surface area contributed by atoms with Crippen molar-refractivity contribution in [3.05, 3.63) is 65.0 Å². The molecule has 0 saturated carbocycles. The van der Waals surface area contributed by atoms with Gasteiger partial charge in [0.25, 0.3) is 0 Å². The molecule has 0 radical (unpaired) electrons. The molecule has 0 bridgehead atoms. The van der Waals surface area contributed by atoms with Crippen LogP contribution in [0.4, 0.5) is 5.69 Å². The topological polar surface area (TPSA) is 86.1 Å². The van der Waals surface area contributed by atoms with Gasteiger partial charge in [-0.2, -0.15) is 0 Å². The maximum atomic E-state index is 12.7. The molecule has 4 rings (SSSR count). The fraction of sp³-hybridized carbons (Fsp3) is 0.143. The van der Waals surface area contributed by atoms with Crippen LogP contribution in [0, 0.1) is 0 Å². The van der Waals surface area contributed by atoms with Crippen molar-refractivity contribution in [1.29, 1.82) is 0 Å². The monoisotopic (exact) mass is 406 g/mol. The van der Waals surface area contributed by atoms with Gasteiger partial charge in [-0.25, -0.2) is 14.8 Å².